The average Bonchev–Trinajstić information content (AvgIpc) is 2.48. The molecule has 128 valence electrons. The molecule has 8 heteroatoms. The highest BCUT2D eigenvalue weighted by atomic mass is 35.5. The number of halogens is 2. The first-order chi connectivity index (χ1) is 11.2. The summed E-state index contributed by atoms with van der Waals surface area (Å²) in [5.41, 5.74) is 0.235. The second-order valence-corrected chi connectivity index (χ2v) is 7.65. The smallest absolute Gasteiger partial charge is 0.307 e. The summed E-state index contributed by atoms with van der Waals surface area (Å²) in [5.74, 6) is -1.60. The van der Waals surface area contributed by atoms with Gasteiger partial charge in [-0.15, -0.1) is 0 Å². The Hall–Kier alpha value is -2.12. The van der Waals surface area contributed by atoms with Gasteiger partial charge in [-0.3, -0.25) is 4.79 Å². The van der Waals surface area contributed by atoms with E-state index < -0.39 is 21.6 Å². The van der Waals surface area contributed by atoms with Crippen LogP contribution in [0.25, 0.3) is 0 Å². The second-order valence-electron chi connectivity index (χ2n) is 4.96. The molecule has 1 N–H and O–H groups in total. The third kappa shape index (κ3) is 4.46. The highest BCUT2D eigenvalue weighted by molar-refractivity contribution is 7.91. The number of sulfone groups is 1. The summed E-state index contributed by atoms with van der Waals surface area (Å²) < 4.78 is 42.6. The molecule has 0 unspecified atom stereocenters. The predicted molar refractivity (Wildman–Crippen MR) is 87.0 cm³/mol. The van der Waals surface area contributed by atoms with Gasteiger partial charge in [-0.1, -0.05) is 18.5 Å². The highest BCUT2D eigenvalue weighted by Gasteiger charge is 2.15. The predicted octanol–water partition coefficient (Wildman–Crippen LogP) is 3.69. The zero-order chi connectivity index (χ0) is 17.9. The lowest BCUT2D eigenvalue weighted by molar-refractivity contribution is -0.136. The third-order valence-electron chi connectivity index (χ3n) is 3.16. The molecular formula is C16H14ClFO5S. The fraction of sp³-hybridized carbons (Fsp3) is 0.188. The first-order valence-corrected chi connectivity index (χ1v) is 8.95. The van der Waals surface area contributed by atoms with E-state index >= 15 is 0 Å². The maximum absolute atomic E-state index is 13.6. The number of hydrogen-bond donors (Lipinski definition) is 1. The number of carboxylic acid groups (broad SMARTS) is 1. The van der Waals surface area contributed by atoms with Crippen LogP contribution in [0.3, 0.4) is 0 Å². The van der Waals surface area contributed by atoms with E-state index in [1.54, 1.807) is 0 Å². The number of carboxylic acids is 1. The van der Waals surface area contributed by atoms with Gasteiger partial charge in [0, 0.05) is 6.07 Å². The average molecular weight is 373 g/mol. The lowest BCUT2D eigenvalue weighted by atomic mass is 10.1. The second kappa shape index (κ2) is 7.19. The Balaban J connectivity index is 2.32. The van der Waals surface area contributed by atoms with Crippen LogP contribution < -0.4 is 4.74 Å². The highest BCUT2D eigenvalue weighted by Crippen LogP contribution is 2.32. The van der Waals surface area contributed by atoms with Gasteiger partial charge in [0.15, 0.2) is 9.84 Å². The molecule has 24 heavy (non-hydrogen) atoms. The summed E-state index contributed by atoms with van der Waals surface area (Å²) >= 11 is 6.03. The molecule has 0 heterocycles. The molecule has 0 amide bonds. The van der Waals surface area contributed by atoms with Gasteiger partial charge < -0.3 is 9.84 Å². The van der Waals surface area contributed by atoms with Crippen LogP contribution >= 0.6 is 11.6 Å². The van der Waals surface area contributed by atoms with Crippen molar-refractivity contribution in [2.45, 2.75) is 18.2 Å². The van der Waals surface area contributed by atoms with Crippen LogP contribution in [-0.2, 0) is 21.1 Å². The first kappa shape index (κ1) is 18.2. The zero-order valence-corrected chi connectivity index (χ0v) is 14.2. The van der Waals surface area contributed by atoms with Crippen molar-refractivity contribution in [3.63, 3.8) is 0 Å². The van der Waals surface area contributed by atoms with Gasteiger partial charge in [-0.2, -0.15) is 0 Å². The molecule has 0 aromatic heterocycles. The maximum Gasteiger partial charge on any atom is 0.307 e. The van der Waals surface area contributed by atoms with Crippen LogP contribution in [0.15, 0.2) is 41.3 Å². The topological polar surface area (TPSA) is 80.7 Å². The zero-order valence-electron chi connectivity index (χ0n) is 12.6. The molecule has 0 bridgehead atoms. The standard InChI is InChI=1S/C16H14ClFO5S/c1-2-24(21,22)13-3-4-15(14(17)9-13)23-12-6-10(7-16(19)20)5-11(18)8-12/h3-6,8-9H,2,7H2,1H3,(H,19,20). The van der Waals surface area contributed by atoms with Crippen molar-refractivity contribution >= 4 is 27.4 Å². The number of ether oxygens (including phenoxy) is 1. The van der Waals surface area contributed by atoms with Crippen molar-refractivity contribution in [3.05, 3.63) is 52.8 Å². The van der Waals surface area contributed by atoms with Crippen LogP contribution in [0.5, 0.6) is 11.5 Å². The van der Waals surface area contributed by atoms with Crippen molar-refractivity contribution in [3.8, 4) is 11.5 Å². The van der Waals surface area contributed by atoms with Gasteiger partial charge in [0.2, 0.25) is 0 Å². The summed E-state index contributed by atoms with van der Waals surface area (Å²) in [6.45, 7) is 1.52. The molecule has 2 rings (SSSR count). The first-order valence-electron chi connectivity index (χ1n) is 6.92. The summed E-state index contributed by atoms with van der Waals surface area (Å²) in [5, 5.41) is 8.82. The molecule has 0 saturated heterocycles. The largest absolute Gasteiger partial charge is 0.481 e. The number of carbonyl (C=O) groups is 1. The van der Waals surface area contributed by atoms with Gasteiger partial charge in [0.1, 0.15) is 17.3 Å². The molecule has 2 aromatic carbocycles. The minimum atomic E-state index is -3.40. The lowest BCUT2D eigenvalue weighted by Gasteiger charge is -2.10. The third-order valence-corrected chi connectivity index (χ3v) is 5.18. The van der Waals surface area contributed by atoms with E-state index in [4.69, 9.17) is 21.4 Å². The monoisotopic (exact) mass is 372 g/mol. The van der Waals surface area contributed by atoms with Crippen LogP contribution in [-0.4, -0.2) is 25.2 Å². The van der Waals surface area contributed by atoms with E-state index in [0.29, 0.717) is 0 Å². The fourth-order valence-electron chi connectivity index (χ4n) is 2.01. The van der Waals surface area contributed by atoms with Crippen LogP contribution in [0, 0.1) is 5.82 Å². The van der Waals surface area contributed by atoms with Gasteiger partial charge in [-0.25, -0.2) is 12.8 Å². The number of rotatable bonds is 6. The lowest BCUT2D eigenvalue weighted by Crippen LogP contribution is -2.03. The molecule has 0 atom stereocenters. The van der Waals surface area contributed by atoms with Gasteiger partial charge >= 0.3 is 5.97 Å². The Bertz CT molecular complexity index is 880. The summed E-state index contributed by atoms with van der Waals surface area (Å²) in [4.78, 5) is 10.8. The van der Waals surface area contributed by atoms with E-state index in [1.807, 2.05) is 0 Å². The van der Waals surface area contributed by atoms with E-state index in [9.17, 15) is 17.6 Å². The molecule has 0 aliphatic carbocycles. The van der Waals surface area contributed by atoms with Gasteiger partial charge in [0.05, 0.1) is 22.1 Å². The summed E-state index contributed by atoms with van der Waals surface area (Å²) in [7, 11) is -3.40. The number of hydrogen-bond acceptors (Lipinski definition) is 4. The Morgan fingerprint density at radius 2 is 1.96 bits per heavy atom. The minimum absolute atomic E-state index is 0.0496. The van der Waals surface area contributed by atoms with Crippen LogP contribution in [0.4, 0.5) is 4.39 Å². The molecule has 0 fully saturated rings. The van der Waals surface area contributed by atoms with E-state index in [-0.39, 0.29) is 39.2 Å². The molecule has 0 radical (unpaired) electrons. The van der Waals surface area contributed by atoms with Crippen LogP contribution in [0.2, 0.25) is 5.02 Å². The SMILES string of the molecule is CCS(=O)(=O)c1ccc(Oc2cc(F)cc(CC(=O)O)c2)c(Cl)c1. The molecule has 0 spiro atoms. The molecule has 0 saturated carbocycles. The number of aliphatic carboxylic acids is 1. The summed E-state index contributed by atoms with van der Waals surface area (Å²) in [6.07, 6.45) is -0.352. The Morgan fingerprint density at radius 1 is 1.25 bits per heavy atom. The Morgan fingerprint density at radius 3 is 2.54 bits per heavy atom. The normalized spacial score (nSPS) is 11.3. The molecule has 0 aliphatic heterocycles. The maximum atomic E-state index is 13.6. The molecule has 0 aliphatic rings. The Labute approximate surface area is 143 Å². The minimum Gasteiger partial charge on any atom is -0.481 e. The Kier molecular flexibility index (Phi) is 5.46. The van der Waals surface area contributed by atoms with Crippen molar-refractivity contribution in [2.24, 2.45) is 0 Å². The van der Waals surface area contributed by atoms with E-state index in [0.717, 1.165) is 12.1 Å². The molecule has 2 aromatic rings. The van der Waals surface area contributed by atoms with Gasteiger partial charge in [-0.05, 0) is 35.9 Å². The van der Waals surface area contributed by atoms with Gasteiger partial charge in [0.25, 0.3) is 0 Å². The summed E-state index contributed by atoms with van der Waals surface area (Å²) in [6, 6.07) is 7.53. The molecular weight excluding hydrogens is 359 g/mol. The fourth-order valence-corrected chi connectivity index (χ4v) is 3.20. The van der Waals surface area contributed by atoms with Crippen molar-refractivity contribution < 1.29 is 27.4 Å². The van der Waals surface area contributed by atoms with Crippen molar-refractivity contribution in [2.75, 3.05) is 5.75 Å². The van der Waals surface area contributed by atoms with Crippen molar-refractivity contribution in [1.82, 2.24) is 0 Å². The van der Waals surface area contributed by atoms with E-state index in [1.165, 1.54) is 31.2 Å². The number of benzene rings is 2. The van der Waals surface area contributed by atoms with Crippen LogP contribution in [0.1, 0.15) is 12.5 Å². The quantitative estimate of drug-likeness (QED) is 0.836. The molecule has 5 nitrogen and oxygen atoms in total. The van der Waals surface area contributed by atoms with E-state index in [2.05, 4.69) is 0 Å². The van der Waals surface area contributed by atoms with Crippen molar-refractivity contribution in [1.29, 1.82) is 0 Å².